The minimum Gasteiger partial charge on any atom is -0.480 e. The van der Waals surface area contributed by atoms with Gasteiger partial charge in [0, 0.05) is 18.1 Å². The van der Waals surface area contributed by atoms with E-state index >= 15 is 0 Å². The number of fused-ring (bicyclic) bond motifs is 2. The zero-order valence-corrected chi connectivity index (χ0v) is 22.8. The van der Waals surface area contributed by atoms with E-state index in [4.69, 9.17) is 5.11 Å². The zero-order valence-electron chi connectivity index (χ0n) is 21.2. The van der Waals surface area contributed by atoms with Crippen molar-refractivity contribution in [1.82, 2.24) is 29.6 Å². The van der Waals surface area contributed by atoms with Crippen LogP contribution in [0.3, 0.4) is 0 Å². The van der Waals surface area contributed by atoms with Gasteiger partial charge < -0.3 is 20.6 Å². The number of aliphatic hydroxyl groups is 1. The predicted octanol–water partition coefficient (Wildman–Crippen LogP) is 1.03. The number of aliphatic hydroxyl groups excluding tert-OH is 1. The molecule has 2 unspecified atom stereocenters. The van der Waals surface area contributed by atoms with E-state index in [1.807, 2.05) is 0 Å². The van der Waals surface area contributed by atoms with E-state index in [2.05, 4.69) is 15.5 Å². The zero-order chi connectivity index (χ0) is 30.3. The first kappa shape index (κ1) is 29.6. The average Bonchev–Trinajstić information content (AvgIpc) is 3.24. The fraction of sp³-hybridized carbons (Fsp3) is 0.333. The summed E-state index contributed by atoms with van der Waals surface area (Å²) in [6.45, 7) is -0.865. The lowest BCUT2D eigenvalue weighted by molar-refractivity contribution is -0.149. The Morgan fingerprint density at radius 1 is 1.17 bits per heavy atom. The number of carbonyl (C=O) groups is 3. The van der Waals surface area contributed by atoms with Crippen LogP contribution in [0, 0.1) is 0 Å². The van der Waals surface area contributed by atoms with Crippen LogP contribution in [0.5, 0.6) is 0 Å². The lowest BCUT2D eigenvalue weighted by Gasteiger charge is -2.50. The molecule has 0 spiro atoms. The van der Waals surface area contributed by atoms with E-state index in [9.17, 15) is 42.6 Å². The maximum Gasteiger partial charge on any atom is 0.416 e. The van der Waals surface area contributed by atoms with Crippen LogP contribution >= 0.6 is 23.5 Å². The molecule has 13 nitrogen and oxygen atoms in total. The number of aromatic nitrogens is 4. The first-order valence-electron chi connectivity index (χ1n) is 12.1. The Morgan fingerprint density at radius 2 is 1.93 bits per heavy atom. The number of thioether (sulfide) groups is 2. The smallest absolute Gasteiger partial charge is 0.416 e. The van der Waals surface area contributed by atoms with Crippen molar-refractivity contribution in [2.75, 3.05) is 18.1 Å². The molecular formula is C24H21F3N6O7S2. The minimum absolute atomic E-state index is 0.0194. The van der Waals surface area contributed by atoms with Gasteiger partial charge in [0.25, 0.3) is 0 Å². The van der Waals surface area contributed by atoms with E-state index in [1.165, 1.54) is 30.0 Å². The number of carboxylic acid groups (broad SMARTS) is 2. The summed E-state index contributed by atoms with van der Waals surface area (Å²) in [5.74, 6) is -2.76. The Hall–Kier alpha value is -3.87. The number of carboxylic acids is 2. The number of benzene rings is 1. The van der Waals surface area contributed by atoms with Crippen LogP contribution in [-0.4, -0.2) is 86.9 Å². The maximum atomic E-state index is 13.0. The molecule has 3 aromatic rings. The first-order valence-corrected chi connectivity index (χ1v) is 14.2. The number of hydrogen-bond donors (Lipinski definition) is 4. The van der Waals surface area contributed by atoms with Crippen molar-refractivity contribution in [1.29, 1.82) is 0 Å². The Morgan fingerprint density at radius 3 is 2.62 bits per heavy atom. The van der Waals surface area contributed by atoms with Crippen LogP contribution < -0.4 is 11.0 Å². The maximum absolute atomic E-state index is 13.0. The molecule has 1 fully saturated rings. The Bertz CT molecular complexity index is 1670. The van der Waals surface area contributed by atoms with Crippen molar-refractivity contribution in [3.05, 3.63) is 69.3 Å². The Kier molecular flexibility index (Phi) is 8.06. The predicted molar refractivity (Wildman–Crippen MR) is 142 cm³/mol. The van der Waals surface area contributed by atoms with Crippen LogP contribution in [-0.2, 0) is 27.1 Å². The first-order chi connectivity index (χ1) is 19.8. The van der Waals surface area contributed by atoms with Gasteiger partial charge in [-0.2, -0.15) is 27.5 Å². The van der Waals surface area contributed by atoms with Gasteiger partial charge in [-0.25, -0.2) is 9.59 Å². The molecular weight excluding hydrogens is 605 g/mol. The molecule has 4 N–H and O–H groups in total. The summed E-state index contributed by atoms with van der Waals surface area (Å²) in [5.41, 5.74) is -1.27. The molecule has 3 atom stereocenters. The van der Waals surface area contributed by atoms with Crippen molar-refractivity contribution >= 4 is 47.0 Å². The summed E-state index contributed by atoms with van der Waals surface area (Å²) < 4.78 is 40.7. The number of carbonyl (C=O) groups excluding carboxylic acids is 1. The minimum atomic E-state index is -4.58. The highest BCUT2D eigenvalue weighted by molar-refractivity contribution is 8.01. The molecule has 2 aliphatic rings. The SMILES string of the molecule is O=C(O)Cn1nc2ccc(SCC3=C(C(=O)O)N4C(=O)C(NCC(O)c5cccc(C(F)(F)F)c5)[C@@H]4SC3)nn2c1=O. The largest absolute Gasteiger partial charge is 0.480 e. The van der Waals surface area contributed by atoms with Gasteiger partial charge in [-0.3, -0.25) is 14.5 Å². The highest BCUT2D eigenvalue weighted by Gasteiger charge is 2.53. The monoisotopic (exact) mass is 626 g/mol. The summed E-state index contributed by atoms with van der Waals surface area (Å²) in [4.78, 5) is 49.5. The van der Waals surface area contributed by atoms with Crippen LogP contribution in [0.15, 0.2) is 57.5 Å². The molecule has 1 aromatic carbocycles. The van der Waals surface area contributed by atoms with E-state index < -0.39 is 59.3 Å². The van der Waals surface area contributed by atoms with Crippen LogP contribution in [0.2, 0.25) is 0 Å². The van der Waals surface area contributed by atoms with E-state index in [0.717, 1.165) is 38.0 Å². The van der Waals surface area contributed by atoms with Crippen LogP contribution in [0.4, 0.5) is 13.2 Å². The Balaban J connectivity index is 1.25. The average molecular weight is 627 g/mol. The topological polar surface area (TPSA) is 179 Å². The molecule has 5 rings (SSSR count). The van der Waals surface area contributed by atoms with Crippen molar-refractivity contribution < 1.29 is 42.9 Å². The summed E-state index contributed by atoms with van der Waals surface area (Å²) in [7, 11) is 0. The van der Waals surface area contributed by atoms with Gasteiger partial charge in [0.15, 0.2) is 5.65 Å². The fourth-order valence-electron chi connectivity index (χ4n) is 4.49. The molecule has 1 amide bonds. The molecule has 0 aliphatic carbocycles. The molecule has 1 saturated heterocycles. The highest BCUT2D eigenvalue weighted by atomic mass is 32.2. The lowest BCUT2D eigenvalue weighted by atomic mass is 10.0. The molecule has 0 bridgehead atoms. The van der Waals surface area contributed by atoms with Crippen molar-refractivity contribution in [2.45, 2.75) is 35.3 Å². The number of nitrogens with zero attached hydrogens (tertiary/aromatic N) is 5. The quantitative estimate of drug-likeness (QED) is 0.186. The second-order valence-electron chi connectivity index (χ2n) is 9.26. The number of alkyl halides is 3. The number of hydrogen-bond acceptors (Lipinski definition) is 10. The fourth-order valence-corrected chi connectivity index (χ4v) is 6.86. The third-order valence-corrected chi connectivity index (χ3v) is 8.82. The van der Waals surface area contributed by atoms with Crippen molar-refractivity contribution in [2.24, 2.45) is 0 Å². The molecule has 0 saturated carbocycles. The van der Waals surface area contributed by atoms with Gasteiger partial charge in [0.1, 0.15) is 28.7 Å². The standard InChI is InChI=1S/C24H21F3N6O7S2/c25-24(26,27)13-3-1-2-11(6-13)14(34)7-28-18-20(37)32-19(22(38)39)12(10-42-21(18)32)9-41-16-5-4-15-29-31(8-17(35)36)23(40)33(15)30-16/h1-6,14,18,21,28,34H,7-10H2,(H,35,36)(H,38,39)/t14?,18?,21-/m0/s1. The molecule has 2 aliphatic heterocycles. The van der Waals surface area contributed by atoms with Gasteiger partial charge in [0.05, 0.1) is 11.7 Å². The van der Waals surface area contributed by atoms with Gasteiger partial charge in [0.2, 0.25) is 5.91 Å². The molecule has 18 heteroatoms. The Labute approximate surface area is 242 Å². The van der Waals surface area contributed by atoms with Gasteiger partial charge in [-0.05, 0) is 35.4 Å². The summed E-state index contributed by atoms with van der Waals surface area (Å²) in [6.07, 6.45) is -5.91. The third-order valence-electron chi connectivity index (χ3n) is 6.47. The summed E-state index contributed by atoms with van der Waals surface area (Å²) >= 11 is 2.40. The second-order valence-corrected chi connectivity index (χ2v) is 11.4. The van der Waals surface area contributed by atoms with Crippen molar-refractivity contribution in [3.63, 3.8) is 0 Å². The number of β-lactam (4-membered cyclic amide) rings is 1. The van der Waals surface area contributed by atoms with E-state index in [0.29, 0.717) is 10.6 Å². The van der Waals surface area contributed by atoms with Crippen LogP contribution in [0.1, 0.15) is 17.2 Å². The number of nitrogens with one attached hydrogen (secondary N) is 1. The van der Waals surface area contributed by atoms with Crippen molar-refractivity contribution in [3.8, 4) is 0 Å². The molecule has 2 aromatic heterocycles. The van der Waals surface area contributed by atoms with Crippen LogP contribution in [0.25, 0.3) is 5.65 Å². The molecule has 0 radical (unpaired) electrons. The summed E-state index contributed by atoms with van der Waals surface area (Å²) in [6, 6.07) is 6.39. The second kappa shape index (κ2) is 11.4. The number of aliphatic carboxylic acids is 2. The van der Waals surface area contributed by atoms with E-state index in [-0.39, 0.29) is 35.0 Å². The molecule has 42 heavy (non-hydrogen) atoms. The highest BCUT2D eigenvalue weighted by Crippen LogP contribution is 2.41. The number of rotatable bonds is 10. The third kappa shape index (κ3) is 5.74. The van der Waals surface area contributed by atoms with E-state index in [1.54, 1.807) is 6.07 Å². The summed E-state index contributed by atoms with van der Waals surface area (Å²) in [5, 5.41) is 39.9. The molecule has 222 valence electrons. The normalized spacial score (nSPS) is 19.5. The van der Waals surface area contributed by atoms with Gasteiger partial charge >= 0.3 is 23.8 Å². The van der Waals surface area contributed by atoms with Gasteiger partial charge in [-0.15, -0.1) is 28.6 Å². The molecule has 4 heterocycles. The lowest BCUT2D eigenvalue weighted by Crippen LogP contribution is -2.70. The van der Waals surface area contributed by atoms with Gasteiger partial charge in [-0.1, -0.05) is 12.1 Å². The number of halogens is 3. The number of amides is 1.